The van der Waals surface area contributed by atoms with E-state index >= 15 is 0 Å². The molecule has 0 aromatic heterocycles. The molecule has 2 nitrogen and oxygen atoms in total. The summed E-state index contributed by atoms with van der Waals surface area (Å²) in [5, 5.41) is 0. The highest BCUT2D eigenvalue weighted by Gasteiger charge is 2.20. The molecular formula is C50H50N2. The molecule has 6 aromatic carbocycles. The van der Waals surface area contributed by atoms with Gasteiger partial charge in [0.05, 0.1) is 0 Å². The first kappa shape index (κ1) is 34.8. The van der Waals surface area contributed by atoms with Crippen molar-refractivity contribution in [1.29, 1.82) is 0 Å². The van der Waals surface area contributed by atoms with E-state index in [2.05, 4.69) is 221 Å². The van der Waals surface area contributed by atoms with Gasteiger partial charge in [-0.15, -0.1) is 0 Å². The van der Waals surface area contributed by atoms with Crippen LogP contribution < -0.4 is 9.80 Å². The zero-order valence-electron chi connectivity index (χ0n) is 31.5. The van der Waals surface area contributed by atoms with Crippen molar-refractivity contribution < 1.29 is 0 Å². The summed E-state index contributed by atoms with van der Waals surface area (Å²) in [6.07, 6.45) is 9.08. The fourth-order valence-corrected chi connectivity index (χ4v) is 6.95. The molecule has 6 aromatic rings. The summed E-state index contributed by atoms with van der Waals surface area (Å²) >= 11 is 0. The normalized spacial score (nSPS) is 13.1. The Bertz CT molecular complexity index is 2160. The summed E-state index contributed by atoms with van der Waals surface area (Å²) in [5.41, 5.74) is 14.4. The van der Waals surface area contributed by atoms with Crippen LogP contribution in [-0.4, -0.2) is 0 Å². The smallest absolute Gasteiger partial charge is 0.0482 e. The van der Waals surface area contributed by atoms with Gasteiger partial charge >= 0.3 is 0 Å². The van der Waals surface area contributed by atoms with Crippen LogP contribution in [-0.2, 0) is 10.8 Å². The van der Waals surface area contributed by atoms with Gasteiger partial charge in [0.15, 0.2) is 0 Å². The number of benzene rings is 6. The third-order valence-electron chi connectivity index (χ3n) is 10.0. The molecule has 52 heavy (non-hydrogen) atoms. The Morgan fingerprint density at radius 2 is 0.808 bits per heavy atom. The molecular weight excluding hydrogens is 629 g/mol. The second kappa shape index (κ2) is 14.6. The van der Waals surface area contributed by atoms with Crippen LogP contribution in [0.3, 0.4) is 0 Å². The summed E-state index contributed by atoms with van der Waals surface area (Å²) < 4.78 is 0. The molecule has 0 bridgehead atoms. The van der Waals surface area contributed by atoms with E-state index in [0.29, 0.717) is 0 Å². The highest BCUT2D eigenvalue weighted by Crippen LogP contribution is 2.42. The van der Waals surface area contributed by atoms with E-state index in [1.54, 1.807) is 0 Å². The molecule has 0 spiro atoms. The van der Waals surface area contributed by atoms with Crippen LogP contribution in [0.15, 0.2) is 170 Å². The van der Waals surface area contributed by atoms with E-state index in [0.717, 1.165) is 47.0 Å². The second-order valence-corrected chi connectivity index (χ2v) is 15.9. The quantitative estimate of drug-likeness (QED) is 0.158. The van der Waals surface area contributed by atoms with Crippen molar-refractivity contribution in [3.63, 3.8) is 0 Å². The Labute approximate surface area is 311 Å². The van der Waals surface area contributed by atoms with Gasteiger partial charge in [0.1, 0.15) is 0 Å². The van der Waals surface area contributed by atoms with Crippen LogP contribution in [0.5, 0.6) is 0 Å². The number of hydrogen-bond donors (Lipinski definition) is 0. The van der Waals surface area contributed by atoms with Gasteiger partial charge in [-0.3, -0.25) is 0 Å². The van der Waals surface area contributed by atoms with E-state index in [9.17, 15) is 0 Å². The molecule has 0 saturated heterocycles. The zero-order valence-corrected chi connectivity index (χ0v) is 31.5. The number of hydrogen-bond acceptors (Lipinski definition) is 2. The summed E-state index contributed by atoms with van der Waals surface area (Å²) in [4.78, 5) is 4.75. The van der Waals surface area contributed by atoms with Gasteiger partial charge in [-0.1, -0.05) is 145 Å². The van der Waals surface area contributed by atoms with Crippen LogP contribution in [0, 0.1) is 0 Å². The highest BCUT2D eigenvalue weighted by atomic mass is 15.2. The largest absolute Gasteiger partial charge is 0.310 e. The van der Waals surface area contributed by atoms with Crippen molar-refractivity contribution in [2.75, 3.05) is 9.80 Å². The van der Waals surface area contributed by atoms with E-state index in [4.69, 9.17) is 0 Å². The van der Waals surface area contributed by atoms with E-state index in [1.807, 2.05) is 0 Å². The van der Waals surface area contributed by atoms with E-state index in [-0.39, 0.29) is 10.8 Å². The van der Waals surface area contributed by atoms with Gasteiger partial charge in [-0.25, -0.2) is 0 Å². The summed E-state index contributed by atoms with van der Waals surface area (Å²) in [6, 6.07) is 55.6. The third kappa shape index (κ3) is 7.67. The summed E-state index contributed by atoms with van der Waals surface area (Å²) in [7, 11) is 0. The van der Waals surface area contributed by atoms with Crippen molar-refractivity contribution in [2.24, 2.45) is 0 Å². The number of rotatable bonds is 8. The zero-order chi connectivity index (χ0) is 36.3. The standard InChI is InChI=1S/C50H50N2/c1-49(2,3)41-24-32-45(33-25-41)51(43-28-20-39(21-29-43)37-14-9-7-10-15-37)47-18-13-19-48(36-47)52(46-34-26-42(27-35-46)50(4,5)6)44-30-22-40(23-31-44)38-16-11-8-12-17-38/h7,9-11,13-36H,8,12H2,1-6H3. The topological polar surface area (TPSA) is 6.48 Å². The molecule has 2 heteroatoms. The van der Waals surface area contributed by atoms with Gasteiger partial charge in [0.2, 0.25) is 0 Å². The summed E-state index contributed by atoms with van der Waals surface area (Å²) in [6.45, 7) is 13.6. The monoisotopic (exact) mass is 678 g/mol. The van der Waals surface area contributed by atoms with Crippen molar-refractivity contribution in [2.45, 2.75) is 65.2 Å². The van der Waals surface area contributed by atoms with Crippen molar-refractivity contribution in [3.8, 4) is 11.1 Å². The average Bonchev–Trinajstić information content (AvgIpc) is 3.16. The van der Waals surface area contributed by atoms with Gasteiger partial charge in [0, 0.05) is 34.1 Å². The molecule has 260 valence electrons. The average molecular weight is 679 g/mol. The molecule has 1 aliphatic carbocycles. The Balaban J connectivity index is 1.33. The minimum Gasteiger partial charge on any atom is -0.310 e. The molecule has 0 atom stereocenters. The lowest BCUT2D eigenvalue weighted by Crippen LogP contribution is -2.15. The lowest BCUT2D eigenvalue weighted by Gasteiger charge is -2.30. The Kier molecular flexibility index (Phi) is 9.75. The molecule has 0 aliphatic heterocycles. The summed E-state index contributed by atoms with van der Waals surface area (Å²) in [5.74, 6) is 0. The van der Waals surface area contributed by atoms with Crippen LogP contribution in [0.4, 0.5) is 34.1 Å². The predicted octanol–water partition coefficient (Wildman–Crippen LogP) is 14.6. The Hall–Kier alpha value is -5.60. The van der Waals surface area contributed by atoms with E-state index < -0.39 is 0 Å². The van der Waals surface area contributed by atoms with Crippen LogP contribution >= 0.6 is 0 Å². The Morgan fingerprint density at radius 1 is 0.385 bits per heavy atom. The second-order valence-electron chi connectivity index (χ2n) is 15.9. The van der Waals surface area contributed by atoms with E-state index in [1.165, 1.54) is 33.4 Å². The molecule has 0 amide bonds. The van der Waals surface area contributed by atoms with Crippen molar-refractivity contribution >= 4 is 39.7 Å². The first-order valence-corrected chi connectivity index (χ1v) is 18.6. The molecule has 0 saturated carbocycles. The van der Waals surface area contributed by atoms with Crippen LogP contribution in [0.25, 0.3) is 16.7 Å². The molecule has 0 heterocycles. The molecule has 7 rings (SSSR count). The van der Waals surface area contributed by atoms with Gasteiger partial charge in [-0.2, -0.15) is 0 Å². The molecule has 0 N–H and O–H groups in total. The Morgan fingerprint density at radius 3 is 1.23 bits per heavy atom. The lowest BCUT2D eigenvalue weighted by molar-refractivity contribution is 0.590. The van der Waals surface area contributed by atoms with Crippen molar-refractivity contribution in [3.05, 3.63) is 187 Å². The molecule has 0 fully saturated rings. The number of nitrogens with zero attached hydrogens (tertiary/aromatic N) is 2. The fourth-order valence-electron chi connectivity index (χ4n) is 6.95. The first-order valence-electron chi connectivity index (χ1n) is 18.6. The maximum Gasteiger partial charge on any atom is 0.0482 e. The maximum absolute atomic E-state index is 2.38. The number of allylic oxidation sites excluding steroid dienone is 4. The SMILES string of the molecule is CC(C)(C)c1ccc(N(c2ccc(C3=CCCC=C3)cc2)c2cccc(N(c3ccc(-c4ccccc4)cc3)c3ccc(C(C)(C)C)cc3)c2)cc1. The van der Waals surface area contributed by atoms with Crippen molar-refractivity contribution in [1.82, 2.24) is 0 Å². The van der Waals surface area contributed by atoms with Crippen LogP contribution in [0.1, 0.15) is 71.1 Å². The number of anilines is 6. The van der Waals surface area contributed by atoms with Gasteiger partial charge in [0.25, 0.3) is 0 Å². The molecule has 0 unspecified atom stereocenters. The highest BCUT2D eigenvalue weighted by molar-refractivity contribution is 5.84. The van der Waals surface area contributed by atoms with Gasteiger partial charge in [-0.05, 0) is 124 Å². The first-order chi connectivity index (χ1) is 25.0. The predicted molar refractivity (Wildman–Crippen MR) is 225 cm³/mol. The fraction of sp³-hybridized carbons (Fsp3) is 0.200. The molecule has 0 radical (unpaired) electrons. The third-order valence-corrected chi connectivity index (χ3v) is 10.0. The molecule has 1 aliphatic rings. The minimum absolute atomic E-state index is 0.0724. The van der Waals surface area contributed by atoms with Gasteiger partial charge < -0.3 is 9.80 Å². The lowest BCUT2D eigenvalue weighted by atomic mass is 9.87. The minimum atomic E-state index is 0.0724. The van der Waals surface area contributed by atoms with Crippen LogP contribution in [0.2, 0.25) is 0 Å². The maximum atomic E-state index is 2.38.